The number of rotatable bonds is 6. The van der Waals surface area contributed by atoms with Crippen molar-refractivity contribution in [3.63, 3.8) is 0 Å². The third kappa shape index (κ3) is 3.59. The lowest BCUT2D eigenvalue weighted by atomic mass is 9.29. The second-order valence-electron chi connectivity index (χ2n) is 13.1. The first-order chi connectivity index (χ1) is 16.4. The zero-order valence-electron chi connectivity index (χ0n) is 20.8. The van der Waals surface area contributed by atoms with Crippen molar-refractivity contribution >= 4 is 11.9 Å². The molecule has 35 heavy (non-hydrogen) atoms. The Labute approximate surface area is 205 Å². The van der Waals surface area contributed by atoms with Gasteiger partial charge in [0, 0.05) is 17.9 Å². The fourth-order valence-corrected chi connectivity index (χ4v) is 8.82. The molecule has 6 unspecified atom stereocenters. The lowest BCUT2D eigenvalue weighted by molar-refractivity contribution is -0.277. The van der Waals surface area contributed by atoms with E-state index in [1.165, 1.54) is 32.3 Å². The van der Waals surface area contributed by atoms with Crippen molar-refractivity contribution in [1.29, 1.82) is 0 Å². The number of halogens is 1. The van der Waals surface area contributed by atoms with Crippen LogP contribution in [0.4, 0.5) is 4.39 Å². The normalized spacial score (nSPS) is 41.6. The largest absolute Gasteiger partial charge is 0.493 e. The standard InChI is InChI=1S/C28H36FNO5/c1-15-6-17-10-26(2)12-28(9-15,23(17)26)14-35-22-8-20(29)19(7-18(22)16-4-5-16)24(31)30-13-27(3,34)11-21(30)25(32)33/h7-8,15-17,21,23,34H,4-6,9-14H2,1-3H3,(H,32,33)/t15?,17?,21-,23?,26?,27?,28?/m0/s1. The maximum atomic E-state index is 15.3. The highest BCUT2D eigenvalue weighted by Crippen LogP contribution is 2.77. The minimum absolute atomic E-state index is 0.0754. The number of nitrogens with zero attached hydrogens (tertiary/aromatic N) is 1. The van der Waals surface area contributed by atoms with Crippen molar-refractivity contribution in [1.82, 2.24) is 4.90 Å². The summed E-state index contributed by atoms with van der Waals surface area (Å²) in [5.41, 5.74) is 0.0249. The number of ether oxygens (including phenoxy) is 1. The molecule has 4 aliphatic carbocycles. The van der Waals surface area contributed by atoms with Crippen LogP contribution in [0.1, 0.15) is 87.6 Å². The van der Waals surface area contributed by atoms with E-state index in [2.05, 4.69) is 13.8 Å². The summed E-state index contributed by atoms with van der Waals surface area (Å²) in [6.45, 7) is 6.70. The van der Waals surface area contributed by atoms with E-state index in [-0.39, 0.29) is 29.9 Å². The molecule has 6 rings (SSSR count). The molecule has 0 radical (unpaired) electrons. The average Bonchev–Trinajstić information content (AvgIpc) is 3.52. The van der Waals surface area contributed by atoms with Crippen LogP contribution in [0.15, 0.2) is 12.1 Å². The van der Waals surface area contributed by atoms with Crippen LogP contribution in [0.2, 0.25) is 0 Å². The molecule has 0 bridgehead atoms. The van der Waals surface area contributed by atoms with Crippen LogP contribution >= 0.6 is 0 Å². The highest BCUT2D eigenvalue weighted by molar-refractivity contribution is 5.97. The number of aliphatic carboxylic acids is 1. The first-order valence-corrected chi connectivity index (χ1v) is 13.1. The zero-order chi connectivity index (χ0) is 24.9. The van der Waals surface area contributed by atoms with E-state index in [9.17, 15) is 19.8 Å². The van der Waals surface area contributed by atoms with E-state index in [4.69, 9.17) is 4.74 Å². The molecule has 1 amide bonds. The summed E-state index contributed by atoms with van der Waals surface area (Å²) in [6, 6.07) is 1.74. The molecule has 7 atom stereocenters. The van der Waals surface area contributed by atoms with Crippen LogP contribution in [0, 0.1) is 34.4 Å². The molecule has 1 aromatic rings. The molecule has 6 nitrogen and oxygen atoms in total. The van der Waals surface area contributed by atoms with Gasteiger partial charge in [-0.25, -0.2) is 9.18 Å². The second kappa shape index (κ2) is 7.44. The molecule has 1 saturated heterocycles. The molecule has 5 fully saturated rings. The van der Waals surface area contributed by atoms with Crippen molar-refractivity contribution in [2.45, 2.75) is 83.3 Å². The van der Waals surface area contributed by atoms with Gasteiger partial charge in [0.15, 0.2) is 0 Å². The van der Waals surface area contributed by atoms with Gasteiger partial charge in [-0.05, 0) is 86.2 Å². The van der Waals surface area contributed by atoms with Crippen LogP contribution in [0.25, 0.3) is 0 Å². The number of likely N-dealkylation sites (tertiary alicyclic amines) is 1. The van der Waals surface area contributed by atoms with Gasteiger partial charge in [0.05, 0.1) is 24.3 Å². The number of hydrogen-bond donors (Lipinski definition) is 2. The van der Waals surface area contributed by atoms with Gasteiger partial charge in [0.1, 0.15) is 17.6 Å². The highest BCUT2D eigenvalue weighted by atomic mass is 19.1. The molecule has 7 heteroatoms. The Morgan fingerprint density at radius 3 is 2.60 bits per heavy atom. The summed E-state index contributed by atoms with van der Waals surface area (Å²) in [6.07, 6.45) is 6.83. The number of amides is 1. The zero-order valence-corrected chi connectivity index (χ0v) is 20.8. The van der Waals surface area contributed by atoms with E-state index in [1.54, 1.807) is 6.07 Å². The van der Waals surface area contributed by atoms with E-state index < -0.39 is 29.3 Å². The number of carboxylic acids is 1. The number of carbonyl (C=O) groups excluding carboxylic acids is 1. The Morgan fingerprint density at radius 1 is 1.20 bits per heavy atom. The van der Waals surface area contributed by atoms with Gasteiger partial charge in [-0.15, -0.1) is 0 Å². The van der Waals surface area contributed by atoms with E-state index in [1.807, 2.05) is 0 Å². The van der Waals surface area contributed by atoms with Crippen LogP contribution in [0.3, 0.4) is 0 Å². The summed E-state index contributed by atoms with van der Waals surface area (Å²) in [5, 5.41) is 19.9. The summed E-state index contributed by atoms with van der Waals surface area (Å²) in [7, 11) is 0. The first kappa shape index (κ1) is 23.3. The topological polar surface area (TPSA) is 87.1 Å². The van der Waals surface area contributed by atoms with E-state index >= 15 is 4.39 Å². The van der Waals surface area contributed by atoms with E-state index in [0.29, 0.717) is 29.6 Å². The van der Waals surface area contributed by atoms with Crippen LogP contribution in [-0.2, 0) is 4.79 Å². The number of benzene rings is 1. The minimum atomic E-state index is -1.31. The molecule has 1 aromatic carbocycles. The van der Waals surface area contributed by atoms with E-state index in [0.717, 1.165) is 35.6 Å². The molecule has 5 aliphatic rings. The van der Waals surface area contributed by atoms with Crippen LogP contribution in [0.5, 0.6) is 5.75 Å². The van der Waals surface area contributed by atoms with Crippen molar-refractivity contribution in [3.05, 3.63) is 29.1 Å². The Morgan fingerprint density at radius 2 is 1.94 bits per heavy atom. The number of carbonyl (C=O) groups is 2. The van der Waals surface area contributed by atoms with Crippen molar-refractivity contribution in [3.8, 4) is 5.75 Å². The Kier molecular flexibility index (Phi) is 4.94. The van der Waals surface area contributed by atoms with Crippen LogP contribution < -0.4 is 4.74 Å². The maximum Gasteiger partial charge on any atom is 0.326 e. The van der Waals surface area contributed by atoms with Gasteiger partial charge in [-0.2, -0.15) is 0 Å². The second-order valence-corrected chi connectivity index (χ2v) is 13.1. The number of hydrogen-bond acceptors (Lipinski definition) is 4. The van der Waals surface area contributed by atoms with Crippen molar-refractivity contribution in [2.24, 2.45) is 28.6 Å². The van der Waals surface area contributed by atoms with Gasteiger partial charge >= 0.3 is 5.97 Å². The Bertz CT molecular complexity index is 1090. The predicted octanol–water partition coefficient (Wildman–Crippen LogP) is 4.59. The highest BCUT2D eigenvalue weighted by Gasteiger charge is 2.71. The summed E-state index contributed by atoms with van der Waals surface area (Å²) in [5.74, 6) is 0.373. The summed E-state index contributed by atoms with van der Waals surface area (Å²) < 4.78 is 21.7. The molecule has 4 saturated carbocycles. The molecule has 2 N–H and O–H groups in total. The minimum Gasteiger partial charge on any atom is -0.493 e. The van der Waals surface area contributed by atoms with Gasteiger partial charge in [-0.3, -0.25) is 4.79 Å². The summed E-state index contributed by atoms with van der Waals surface area (Å²) >= 11 is 0. The molecule has 0 spiro atoms. The van der Waals surface area contributed by atoms with Crippen molar-refractivity contribution < 1.29 is 28.9 Å². The number of aliphatic hydroxyl groups is 1. The number of β-amino-alcohol motifs (C(OH)–C–C–N with tert-alkyl or cyclic N) is 1. The predicted molar refractivity (Wildman–Crippen MR) is 127 cm³/mol. The van der Waals surface area contributed by atoms with Crippen LogP contribution in [-0.4, -0.2) is 51.8 Å². The SMILES string of the molecule is CC1CC2CC3(C)CC(COc4cc(F)c(C(=O)N5CC(C)(O)C[C@H]5C(=O)O)cc4C4CC4)(C1)C23. The number of carboxylic acid groups (broad SMARTS) is 1. The Balaban J connectivity index is 1.25. The fourth-order valence-electron chi connectivity index (χ4n) is 8.82. The first-order valence-electron chi connectivity index (χ1n) is 13.1. The van der Waals surface area contributed by atoms with Gasteiger partial charge in [0.25, 0.3) is 5.91 Å². The quantitative estimate of drug-likeness (QED) is 0.615. The summed E-state index contributed by atoms with van der Waals surface area (Å²) in [4.78, 5) is 26.1. The smallest absolute Gasteiger partial charge is 0.326 e. The lowest BCUT2D eigenvalue weighted by Crippen LogP contribution is -2.70. The molecule has 1 aliphatic heterocycles. The fraction of sp³-hybridized carbons (Fsp3) is 0.714. The third-order valence-corrected chi connectivity index (χ3v) is 9.75. The molecular formula is C28H36FNO5. The molecular weight excluding hydrogens is 449 g/mol. The monoisotopic (exact) mass is 485 g/mol. The van der Waals surface area contributed by atoms with Gasteiger partial charge in [-0.1, -0.05) is 13.8 Å². The molecule has 190 valence electrons. The van der Waals surface area contributed by atoms with Crippen molar-refractivity contribution in [2.75, 3.05) is 13.2 Å². The lowest BCUT2D eigenvalue weighted by Gasteiger charge is -2.75. The maximum absolute atomic E-state index is 15.3. The Hall–Kier alpha value is -2.15. The molecule has 1 heterocycles. The average molecular weight is 486 g/mol. The van der Waals surface area contributed by atoms with Gasteiger partial charge < -0.3 is 19.8 Å². The third-order valence-electron chi connectivity index (χ3n) is 9.75. The van der Waals surface area contributed by atoms with Gasteiger partial charge in [0.2, 0.25) is 0 Å². The molecule has 0 aromatic heterocycles.